The summed E-state index contributed by atoms with van der Waals surface area (Å²) in [5, 5.41) is 0. The van der Waals surface area contributed by atoms with E-state index in [1.165, 1.54) is 0 Å². The molecule has 0 aliphatic rings. The van der Waals surface area contributed by atoms with Gasteiger partial charge in [0.25, 0.3) is 0 Å². The van der Waals surface area contributed by atoms with Crippen molar-refractivity contribution in [2.75, 3.05) is 0 Å². The number of nitrogens with zero attached hydrogens (tertiary/aromatic N) is 1. The standard InChI is InChI=1S/C16H13NO3/c18-16(19-12-6-2-1-3-7-12)11-10-15-17-13-8-4-5-9-14(13)20-15/h1-9H,10-11H2. The molecule has 100 valence electrons. The first-order valence-corrected chi connectivity index (χ1v) is 6.41. The molecular weight excluding hydrogens is 254 g/mol. The van der Waals surface area contributed by atoms with Crippen LogP contribution in [0.5, 0.6) is 5.75 Å². The van der Waals surface area contributed by atoms with Crippen LogP contribution in [0.25, 0.3) is 11.1 Å². The molecule has 4 nitrogen and oxygen atoms in total. The molecule has 0 saturated carbocycles. The molecule has 0 bridgehead atoms. The van der Waals surface area contributed by atoms with Gasteiger partial charge in [-0.2, -0.15) is 0 Å². The molecule has 0 aliphatic carbocycles. The number of carbonyl (C=O) groups is 1. The lowest BCUT2D eigenvalue weighted by Gasteiger charge is -2.02. The number of esters is 1. The number of para-hydroxylation sites is 3. The molecule has 0 aliphatic heterocycles. The Morgan fingerprint density at radius 2 is 1.80 bits per heavy atom. The molecule has 20 heavy (non-hydrogen) atoms. The number of carbonyl (C=O) groups excluding carboxylic acids is 1. The first kappa shape index (κ1) is 12.4. The monoisotopic (exact) mass is 267 g/mol. The number of rotatable bonds is 4. The molecular formula is C16H13NO3. The third-order valence-electron chi connectivity index (χ3n) is 2.86. The summed E-state index contributed by atoms with van der Waals surface area (Å²) in [6.07, 6.45) is 0.669. The van der Waals surface area contributed by atoms with E-state index >= 15 is 0 Å². The van der Waals surface area contributed by atoms with Crippen LogP contribution in [0.2, 0.25) is 0 Å². The van der Waals surface area contributed by atoms with Gasteiger partial charge in [-0.1, -0.05) is 30.3 Å². The average molecular weight is 267 g/mol. The molecule has 0 radical (unpaired) electrons. The molecule has 0 amide bonds. The fourth-order valence-corrected chi connectivity index (χ4v) is 1.91. The SMILES string of the molecule is O=C(CCc1nc2ccccc2o1)Oc1ccccc1. The van der Waals surface area contributed by atoms with Crippen molar-refractivity contribution in [2.24, 2.45) is 0 Å². The van der Waals surface area contributed by atoms with Gasteiger partial charge in [-0.3, -0.25) is 4.79 Å². The minimum Gasteiger partial charge on any atom is -0.441 e. The molecule has 4 heteroatoms. The van der Waals surface area contributed by atoms with Crippen molar-refractivity contribution in [3.8, 4) is 5.75 Å². The first-order valence-electron chi connectivity index (χ1n) is 6.41. The highest BCUT2D eigenvalue weighted by atomic mass is 16.5. The van der Waals surface area contributed by atoms with Crippen molar-refractivity contribution >= 4 is 17.1 Å². The third-order valence-corrected chi connectivity index (χ3v) is 2.86. The van der Waals surface area contributed by atoms with E-state index in [1.807, 2.05) is 42.5 Å². The maximum Gasteiger partial charge on any atom is 0.311 e. The molecule has 0 spiro atoms. The van der Waals surface area contributed by atoms with E-state index in [0.717, 1.165) is 11.1 Å². The lowest BCUT2D eigenvalue weighted by atomic mass is 10.3. The topological polar surface area (TPSA) is 52.3 Å². The molecule has 0 saturated heterocycles. The van der Waals surface area contributed by atoms with Gasteiger partial charge in [0, 0.05) is 6.42 Å². The van der Waals surface area contributed by atoms with Crippen LogP contribution in [0.15, 0.2) is 59.0 Å². The zero-order valence-corrected chi connectivity index (χ0v) is 10.8. The molecule has 1 aromatic heterocycles. The van der Waals surface area contributed by atoms with Crippen molar-refractivity contribution in [3.63, 3.8) is 0 Å². The minimum atomic E-state index is -0.293. The molecule has 0 atom stereocenters. The number of ether oxygens (including phenoxy) is 1. The lowest BCUT2D eigenvalue weighted by Crippen LogP contribution is -2.08. The molecule has 1 heterocycles. The van der Waals surface area contributed by atoms with E-state index in [9.17, 15) is 4.79 Å². The van der Waals surface area contributed by atoms with Crippen LogP contribution in [-0.4, -0.2) is 11.0 Å². The lowest BCUT2D eigenvalue weighted by molar-refractivity contribution is -0.134. The highest BCUT2D eigenvalue weighted by Crippen LogP contribution is 2.16. The Kier molecular flexibility index (Phi) is 3.46. The summed E-state index contributed by atoms with van der Waals surface area (Å²) in [6, 6.07) is 16.5. The van der Waals surface area contributed by atoms with E-state index in [2.05, 4.69) is 4.98 Å². The van der Waals surface area contributed by atoms with E-state index in [1.54, 1.807) is 12.1 Å². The van der Waals surface area contributed by atoms with E-state index < -0.39 is 0 Å². The van der Waals surface area contributed by atoms with E-state index in [-0.39, 0.29) is 12.4 Å². The molecule has 0 N–H and O–H groups in total. The Morgan fingerprint density at radius 3 is 2.60 bits per heavy atom. The average Bonchev–Trinajstić information content (AvgIpc) is 2.89. The van der Waals surface area contributed by atoms with Crippen molar-refractivity contribution in [1.29, 1.82) is 0 Å². The third kappa shape index (κ3) is 2.85. The largest absolute Gasteiger partial charge is 0.441 e. The number of benzene rings is 2. The van der Waals surface area contributed by atoms with Crippen LogP contribution in [0, 0.1) is 0 Å². The van der Waals surface area contributed by atoms with Gasteiger partial charge in [-0.15, -0.1) is 0 Å². The summed E-state index contributed by atoms with van der Waals surface area (Å²) >= 11 is 0. The number of hydrogen-bond donors (Lipinski definition) is 0. The van der Waals surface area contributed by atoms with Crippen molar-refractivity contribution < 1.29 is 13.9 Å². The summed E-state index contributed by atoms with van der Waals surface area (Å²) in [5.41, 5.74) is 1.54. The first-order chi connectivity index (χ1) is 9.81. The Morgan fingerprint density at radius 1 is 1.05 bits per heavy atom. The Labute approximate surface area is 116 Å². The molecule has 3 rings (SSSR count). The van der Waals surface area contributed by atoms with Gasteiger partial charge < -0.3 is 9.15 Å². The van der Waals surface area contributed by atoms with Gasteiger partial charge in [0.15, 0.2) is 11.5 Å². The number of aryl methyl sites for hydroxylation is 1. The predicted molar refractivity (Wildman–Crippen MR) is 74.4 cm³/mol. The Balaban J connectivity index is 1.60. The summed E-state index contributed by atoms with van der Waals surface area (Å²) in [6.45, 7) is 0. The van der Waals surface area contributed by atoms with Crippen LogP contribution in [0.3, 0.4) is 0 Å². The van der Waals surface area contributed by atoms with E-state index in [4.69, 9.17) is 9.15 Å². The normalized spacial score (nSPS) is 10.6. The van der Waals surface area contributed by atoms with Gasteiger partial charge >= 0.3 is 5.97 Å². The maximum atomic E-state index is 11.7. The van der Waals surface area contributed by atoms with Crippen molar-refractivity contribution in [2.45, 2.75) is 12.8 Å². The second kappa shape index (κ2) is 5.57. The van der Waals surface area contributed by atoms with Crippen LogP contribution < -0.4 is 4.74 Å². The fraction of sp³-hybridized carbons (Fsp3) is 0.125. The summed E-state index contributed by atoms with van der Waals surface area (Å²) in [4.78, 5) is 16.0. The van der Waals surface area contributed by atoms with Gasteiger partial charge in [0.2, 0.25) is 0 Å². The van der Waals surface area contributed by atoms with Crippen molar-refractivity contribution in [1.82, 2.24) is 4.98 Å². The number of aromatic nitrogens is 1. The zero-order valence-electron chi connectivity index (χ0n) is 10.8. The molecule has 0 unspecified atom stereocenters. The van der Waals surface area contributed by atoms with Gasteiger partial charge in [0.1, 0.15) is 11.3 Å². The summed E-state index contributed by atoms with van der Waals surface area (Å²) in [7, 11) is 0. The van der Waals surface area contributed by atoms with Gasteiger partial charge in [0.05, 0.1) is 6.42 Å². The summed E-state index contributed by atoms with van der Waals surface area (Å²) < 4.78 is 10.8. The van der Waals surface area contributed by atoms with Crippen LogP contribution >= 0.6 is 0 Å². The van der Waals surface area contributed by atoms with Crippen LogP contribution in [0.1, 0.15) is 12.3 Å². The van der Waals surface area contributed by atoms with Gasteiger partial charge in [-0.05, 0) is 24.3 Å². The predicted octanol–water partition coefficient (Wildman–Crippen LogP) is 3.37. The second-order valence-electron chi connectivity index (χ2n) is 4.36. The van der Waals surface area contributed by atoms with Gasteiger partial charge in [-0.25, -0.2) is 4.98 Å². The smallest absolute Gasteiger partial charge is 0.311 e. The van der Waals surface area contributed by atoms with Crippen LogP contribution in [-0.2, 0) is 11.2 Å². The molecule has 3 aromatic rings. The van der Waals surface area contributed by atoms with Crippen LogP contribution in [0.4, 0.5) is 0 Å². The summed E-state index contributed by atoms with van der Waals surface area (Å²) in [5.74, 6) is 0.810. The number of oxazole rings is 1. The number of hydrogen-bond acceptors (Lipinski definition) is 4. The highest BCUT2D eigenvalue weighted by Gasteiger charge is 2.09. The zero-order chi connectivity index (χ0) is 13.8. The molecule has 2 aromatic carbocycles. The van der Waals surface area contributed by atoms with E-state index in [0.29, 0.717) is 18.1 Å². The van der Waals surface area contributed by atoms with Crippen molar-refractivity contribution in [3.05, 3.63) is 60.5 Å². The Hall–Kier alpha value is -2.62. The quantitative estimate of drug-likeness (QED) is 0.537. The minimum absolute atomic E-state index is 0.238. The fourth-order valence-electron chi connectivity index (χ4n) is 1.91. The highest BCUT2D eigenvalue weighted by molar-refractivity contribution is 5.73. The second-order valence-corrected chi connectivity index (χ2v) is 4.36. The maximum absolute atomic E-state index is 11.7. The number of fused-ring (bicyclic) bond motifs is 1. The Bertz CT molecular complexity index is 686. The molecule has 0 fully saturated rings.